The molecule has 102 valence electrons. The summed E-state index contributed by atoms with van der Waals surface area (Å²) in [5, 5.41) is 25.7. The van der Waals surface area contributed by atoms with Crippen molar-refractivity contribution in [3.8, 4) is 0 Å². The van der Waals surface area contributed by atoms with E-state index in [-0.39, 0.29) is 18.8 Å². The topological polar surface area (TPSA) is 87.4 Å². The van der Waals surface area contributed by atoms with Gasteiger partial charge in [-0.15, -0.1) is 0 Å². The Morgan fingerprint density at radius 2 is 2.06 bits per heavy atom. The van der Waals surface area contributed by atoms with Crippen molar-refractivity contribution >= 4 is 21.6 Å². The van der Waals surface area contributed by atoms with E-state index in [4.69, 9.17) is 0 Å². The van der Waals surface area contributed by atoms with Crippen molar-refractivity contribution in [2.75, 3.05) is 18.5 Å². The van der Waals surface area contributed by atoms with Gasteiger partial charge in [0.05, 0.1) is 30.6 Å². The smallest absolute Gasteiger partial charge is 0.283 e. The molecule has 1 aromatic rings. The third kappa shape index (κ3) is 2.90. The summed E-state index contributed by atoms with van der Waals surface area (Å²) in [5.74, 6) is 0. The number of aromatic nitrogens is 2. The fraction of sp³-hybridized carbons (Fsp3) is 0.636. The molecule has 0 radical (unpaired) electrons. The van der Waals surface area contributed by atoms with Crippen LogP contribution in [0.15, 0.2) is 15.5 Å². The highest BCUT2D eigenvalue weighted by atomic mass is 79.9. The Kier molecular flexibility index (Phi) is 5.30. The van der Waals surface area contributed by atoms with Gasteiger partial charge in [0.15, 0.2) is 0 Å². The zero-order valence-corrected chi connectivity index (χ0v) is 12.1. The van der Waals surface area contributed by atoms with Gasteiger partial charge in [-0.05, 0) is 29.3 Å². The Morgan fingerprint density at radius 3 is 2.50 bits per heavy atom. The highest BCUT2D eigenvalue weighted by Crippen LogP contribution is 2.22. The maximum Gasteiger partial charge on any atom is 0.283 e. The highest BCUT2D eigenvalue weighted by Gasteiger charge is 2.27. The number of anilines is 1. The molecule has 0 fully saturated rings. The zero-order chi connectivity index (χ0) is 13.8. The summed E-state index contributed by atoms with van der Waals surface area (Å²) in [4.78, 5) is 11.9. The normalized spacial score (nSPS) is 11.6. The van der Waals surface area contributed by atoms with Crippen LogP contribution in [0.2, 0.25) is 0 Å². The Morgan fingerprint density at radius 1 is 1.44 bits per heavy atom. The number of aryl methyl sites for hydroxylation is 1. The number of aliphatic hydroxyl groups excluding tert-OH is 2. The molecule has 1 heterocycles. The summed E-state index contributed by atoms with van der Waals surface area (Å²) in [6, 6.07) is 0. The maximum atomic E-state index is 11.9. The molecule has 0 aliphatic heterocycles. The summed E-state index contributed by atoms with van der Waals surface area (Å²) in [5.41, 5.74) is -0.632. The minimum absolute atomic E-state index is 0.233. The van der Waals surface area contributed by atoms with Crippen molar-refractivity contribution in [2.24, 2.45) is 0 Å². The lowest BCUT2D eigenvalue weighted by atomic mass is 9.98. The molecule has 3 N–H and O–H groups in total. The van der Waals surface area contributed by atoms with Crippen molar-refractivity contribution < 1.29 is 10.2 Å². The molecule has 0 atom stereocenters. The first-order chi connectivity index (χ1) is 8.53. The van der Waals surface area contributed by atoms with Gasteiger partial charge in [0.2, 0.25) is 0 Å². The second-order valence-corrected chi connectivity index (χ2v) is 4.86. The largest absolute Gasteiger partial charge is 0.394 e. The summed E-state index contributed by atoms with van der Waals surface area (Å²) < 4.78 is 1.67. The van der Waals surface area contributed by atoms with Crippen LogP contribution < -0.4 is 10.9 Å². The van der Waals surface area contributed by atoms with Crippen LogP contribution in [0.25, 0.3) is 0 Å². The molecule has 7 heteroatoms. The van der Waals surface area contributed by atoms with Gasteiger partial charge in [0.25, 0.3) is 5.56 Å². The summed E-state index contributed by atoms with van der Waals surface area (Å²) in [6.45, 7) is 3.68. The number of nitrogens with zero attached hydrogens (tertiary/aromatic N) is 2. The summed E-state index contributed by atoms with van der Waals surface area (Å²) in [6.07, 6.45) is 2.02. The number of hydrogen-bond acceptors (Lipinski definition) is 5. The zero-order valence-electron chi connectivity index (χ0n) is 10.5. The van der Waals surface area contributed by atoms with Crippen molar-refractivity contribution in [3.05, 3.63) is 21.0 Å². The van der Waals surface area contributed by atoms with Crippen molar-refractivity contribution in [1.29, 1.82) is 0 Å². The molecule has 18 heavy (non-hydrogen) atoms. The van der Waals surface area contributed by atoms with Crippen LogP contribution in [0.5, 0.6) is 0 Å². The van der Waals surface area contributed by atoms with Crippen LogP contribution >= 0.6 is 15.9 Å². The summed E-state index contributed by atoms with van der Waals surface area (Å²) >= 11 is 3.21. The molecule has 0 amide bonds. The Bertz CT molecular complexity index is 449. The predicted molar refractivity (Wildman–Crippen MR) is 72.7 cm³/mol. The number of hydrogen-bond donors (Lipinski definition) is 3. The number of aliphatic hydroxyl groups is 2. The lowest BCUT2D eigenvalue weighted by molar-refractivity contribution is 0.132. The second kappa shape index (κ2) is 6.31. The third-order valence-electron chi connectivity index (χ3n) is 2.97. The van der Waals surface area contributed by atoms with Gasteiger partial charge >= 0.3 is 0 Å². The number of nitrogens with one attached hydrogen (secondary N) is 1. The maximum absolute atomic E-state index is 11.9. The molecule has 1 aromatic heterocycles. The molecular formula is C11H18BrN3O3. The molecular weight excluding hydrogens is 302 g/mol. The first-order valence-electron chi connectivity index (χ1n) is 5.79. The molecule has 0 spiro atoms. The van der Waals surface area contributed by atoms with E-state index in [2.05, 4.69) is 26.3 Å². The standard InChI is InChI=1S/C11H18BrN3O3/c1-3-11(6-16,7-17)14-8-5-13-15(4-2)10(18)9(8)12/h5,14,16-17H,3-4,6-7H2,1-2H3. The molecule has 0 aliphatic carbocycles. The molecule has 1 rings (SSSR count). The molecule has 6 nitrogen and oxygen atoms in total. The van der Waals surface area contributed by atoms with E-state index >= 15 is 0 Å². The molecule has 0 aliphatic rings. The first kappa shape index (κ1) is 15.1. The Balaban J connectivity index is 3.12. The minimum Gasteiger partial charge on any atom is -0.394 e. The highest BCUT2D eigenvalue weighted by molar-refractivity contribution is 9.10. The van der Waals surface area contributed by atoms with Crippen LogP contribution in [-0.2, 0) is 6.54 Å². The van der Waals surface area contributed by atoms with Crippen molar-refractivity contribution in [1.82, 2.24) is 9.78 Å². The Hall–Kier alpha value is -0.920. The van der Waals surface area contributed by atoms with Crippen LogP contribution in [0.4, 0.5) is 5.69 Å². The van der Waals surface area contributed by atoms with Gasteiger partial charge < -0.3 is 15.5 Å². The van der Waals surface area contributed by atoms with Gasteiger partial charge in [-0.25, -0.2) is 4.68 Å². The summed E-state index contributed by atoms with van der Waals surface area (Å²) in [7, 11) is 0. The van der Waals surface area contributed by atoms with Crippen LogP contribution in [0, 0.1) is 0 Å². The van der Waals surface area contributed by atoms with Crippen LogP contribution in [-0.4, -0.2) is 38.7 Å². The van der Waals surface area contributed by atoms with E-state index in [1.54, 1.807) is 0 Å². The monoisotopic (exact) mass is 319 g/mol. The minimum atomic E-state index is -0.852. The lowest BCUT2D eigenvalue weighted by Crippen LogP contribution is -2.45. The van der Waals surface area contributed by atoms with Gasteiger partial charge in [-0.1, -0.05) is 6.92 Å². The van der Waals surface area contributed by atoms with E-state index in [1.807, 2.05) is 13.8 Å². The third-order valence-corrected chi connectivity index (χ3v) is 3.73. The van der Waals surface area contributed by atoms with E-state index in [1.165, 1.54) is 10.9 Å². The van der Waals surface area contributed by atoms with E-state index in [0.717, 1.165) is 0 Å². The first-order valence-corrected chi connectivity index (χ1v) is 6.58. The average molecular weight is 320 g/mol. The molecule has 0 unspecified atom stereocenters. The van der Waals surface area contributed by atoms with Gasteiger partial charge in [0.1, 0.15) is 4.47 Å². The van der Waals surface area contributed by atoms with Crippen molar-refractivity contribution in [3.63, 3.8) is 0 Å². The quantitative estimate of drug-likeness (QED) is 0.713. The van der Waals surface area contributed by atoms with Crippen molar-refractivity contribution in [2.45, 2.75) is 32.4 Å². The SMILES string of the molecule is CCn1ncc(NC(CC)(CO)CO)c(Br)c1=O. The average Bonchev–Trinajstić information content (AvgIpc) is 2.41. The van der Waals surface area contributed by atoms with E-state index in [9.17, 15) is 15.0 Å². The van der Waals surface area contributed by atoms with Gasteiger partial charge in [-0.3, -0.25) is 4.79 Å². The molecule has 0 bridgehead atoms. The molecule has 0 aromatic carbocycles. The predicted octanol–water partition coefficient (Wildman–Crippen LogP) is 0.571. The van der Waals surface area contributed by atoms with E-state index < -0.39 is 5.54 Å². The van der Waals surface area contributed by atoms with Gasteiger partial charge in [0, 0.05) is 6.54 Å². The lowest BCUT2D eigenvalue weighted by Gasteiger charge is -2.31. The van der Waals surface area contributed by atoms with E-state index in [0.29, 0.717) is 23.1 Å². The number of halogens is 1. The van der Waals surface area contributed by atoms with Gasteiger partial charge in [-0.2, -0.15) is 5.10 Å². The Labute approximate surface area is 114 Å². The molecule has 0 saturated carbocycles. The van der Waals surface area contributed by atoms with Crippen LogP contribution in [0.3, 0.4) is 0 Å². The van der Waals surface area contributed by atoms with Crippen LogP contribution in [0.1, 0.15) is 20.3 Å². The molecule has 0 saturated heterocycles. The fourth-order valence-electron chi connectivity index (χ4n) is 1.50. The second-order valence-electron chi connectivity index (χ2n) is 4.07. The fourth-order valence-corrected chi connectivity index (χ4v) is 1.91. The number of rotatable bonds is 6.